The van der Waals surface area contributed by atoms with Crippen LogP contribution >= 0.6 is 11.6 Å². The van der Waals surface area contributed by atoms with Gasteiger partial charge < -0.3 is 14.2 Å². The van der Waals surface area contributed by atoms with Crippen molar-refractivity contribution < 1.29 is 27.4 Å². The molecule has 3 rings (SSSR count). The zero-order chi connectivity index (χ0) is 22.6. The van der Waals surface area contributed by atoms with Crippen LogP contribution in [0, 0.1) is 12.8 Å². The van der Waals surface area contributed by atoms with Crippen LogP contribution in [0.2, 0.25) is 5.02 Å². The first-order valence-corrected chi connectivity index (χ1v) is 11.7. The number of benzene rings is 2. The van der Waals surface area contributed by atoms with Gasteiger partial charge in [0.1, 0.15) is 6.61 Å². The predicted octanol–water partition coefficient (Wildman–Crippen LogP) is 3.81. The molecule has 1 fully saturated rings. The van der Waals surface area contributed by atoms with Crippen molar-refractivity contribution in [1.82, 2.24) is 4.31 Å². The van der Waals surface area contributed by atoms with Gasteiger partial charge in [0.05, 0.1) is 25.0 Å². The summed E-state index contributed by atoms with van der Waals surface area (Å²) in [5.41, 5.74) is 1.75. The van der Waals surface area contributed by atoms with Crippen molar-refractivity contribution in [2.24, 2.45) is 5.92 Å². The van der Waals surface area contributed by atoms with Crippen molar-refractivity contribution in [3.8, 4) is 11.5 Å². The average molecular weight is 468 g/mol. The summed E-state index contributed by atoms with van der Waals surface area (Å²) < 4.78 is 43.1. The van der Waals surface area contributed by atoms with E-state index in [2.05, 4.69) is 0 Å². The summed E-state index contributed by atoms with van der Waals surface area (Å²) >= 11 is 5.84. The molecule has 0 atom stereocenters. The molecule has 31 heavy (non-hydrogen) atoms. The van der Waals surface area contributed by atoms with E-state index in [0.717, 1.165) is 11.1 Å². The maximum atomic E-state index is 12.8. The van der Waals surface area contributed by atoms with Crippen LogP contribution in [-0.4, -0.2) is 46.0 Å². The molecule has 0 saturated carbocycles. The summed E-state index contributed by atoms with van der Waals surface area (Å²) in [6.07, 6.45) is 0.827. The standard InChI is InChI=1S/C22H26ClNO6S/c1-15-12-20(28-2)21(29-3)13-17(15)14-30-22(25)16-8-10-24(11-9-16)31(26,27)19-6-4-18(23)5-7-19/h4-7,12-13,16H,8-11,14H2,1-3H3. The van der Waals surface area contributed by atoms with Gasteiger partial charge in [-0.05, 0) is 67.3 Å². The molecule has 0 amide bonds. The molecule has 7 nitrogen and oxygen atoms in total. The lowest BCUT2D eigenvalue weighted by molar-refractivity contribution is -0.151. The Balaban J connectivity index is 1.58. The third-order valence-electron chi connectivity index (χ3n) is 5.45. The summed E-state index contributed by atoms with van der Waals surface area (Å²) in [5, 5.41) is 0.477. The van der Waals surface area contributed by atoms with Crippen molar-refractivity contribution in [3.05, 3.63) is 52.5 Å². The quantitative estimate of drug-likeness (QED) is 0.576. The predicted molar refractivity (Wildman–Crippen MR) is 117 cm³/mol. The van der Waals surface area contributed by atoms with Gasteiger partial charge in [-0.1, -0.05) is 11.6 Å². The number of carbonyl (C=O) groups excluding carboxylic acids is 1. The van der Waals surface area contributed by atoms with Crippen molar-refractivity contribution in [1.29, 1.82) is 0 Å². The highest BCUT2D eigenvalue weighted by Gasteiger charge is 2.32. The zero-order valence-corrected chi connectivity index (χ0v) is 19.3. The van der Waals surface area contributed by atoms with Crippen LogP contribution in [0.1, 0.15) is 24.0 Å². The van der Waals surface area contributed by atoms with E-state index in [0.29, 0.717) is 29.4 Å². The molecule has 1 aliphatic rings. The van der Waals surface area contributed by atoms with Gasteiger partial charge in [-0.2, -0.15) is 4.31 Å². The normalized spacial score (nSPS) is 15.5. The summed E-state index contributed by atoms with van der Waals surface area (Å²) in [4.78, 5) is 12.8. The Morgan fingerprint density at radius 2 is 1.65 bits per heavy atom. The Morgan fingerprint density at radius 1 is 1.06 bits per heavy atom. The molecule has 0 N–H and O–H groups in total. The third kappa shape index (κ3) is 5.31. The lowest BCUT2D eigenvalue weighted by Crippen LogP contribution is -2.40. The first-order chi connectivity index (χ1) is 14.8. The second-order valence-corrected chi connectivity index (χ2v) is 9.75. The van der Waals surface area contributed by atoms with E-state index < -0.39 is 10.0 Å². The van der Waals surface area contributed by atoms with Crippen molar-refractivity contribution in [3.63, 3.8) is 0 Å². The number of hydrogen-bond donors (Lipinski definition) is 0. The lowest BCUT2D eigenvalue weighted by Gasteiger charge is -2.30. The lowest BCUT2D eigenvalue weighted by atomic mass is 9.98. The fraction of sp³-hybridized carbons (Fsp3) is 0.409. The topological polar surface area (TPSA) is 82.1 Å². The van der Waals surface area contributed by atoms with E-state index in [1.165, 1.54) is 16.4 Å². The first-order valence-electron chi connectivity index (χ1n) is 9.90. The number of methoxy groups -OCH3 is 2. The van der Waals surface area contributed by atoms with Crippen LogP contribution < -0.4 is 9.47 Å². The Kier molecular flexibility index (Phi) is 7.46. The zero-order valence-electron chi connectivity index (χ0n) is 17.8. The SMILES string of the molecule is COc1cc(C)c(COC(=O)C2CCN(S(=O)(=O)c3ccc(Cl)cc3)CC2)cc1OC. The molecule has 1 saturated heterocycles. The molecule has 0 bridgehead atoms. The van der Waals surface area contributed by atoms with Crippen LogP contribution in [0.5, 0.6) is 11.5 Å². The van der Waals surface area contributed by atoms with Gasteiger partial charge in [-0.3, -0.25) is 4.79 Å². The molecule has 2 aromatic carbocycles. The molecule has 0 aliphatic carbocycles. The summed E-state index contributed by atoms with van der Waals surface area (Å²) in [7, 11) is -0.490. The van der Waals surface area contributed by atoms with E-state index in [1.54, 1.807) is 32.4 Å². The van der Waals surface area contributed by atoms with Gasteiger partial charge in [0.25, 0.3) is 0 Å². The number of halogens is 1. The summed E-state index contributed by atoms with van der Waals surface area (Å²) in [6.45, 7) is 2.56. The van der Waals surface area contributed by atoms with Crippen LogP contribution in [0.4, 0.5) is 0 Å². The number of rotatable bonds is 7. The molecule has 0 spiro atoms. The van der Waals surface area contributed by atoms with Crippen molar-refractivity contribution in [2.45, 2.75) is 31.3 Å². The molecule has 0 aromatic heterocycles. The third-order valence-corrected chi connectivity index (χ3v) is 7.62. The number of hydrogen-bond acceptors (Lipinski definition) is 6. The summed E-state index contributed by atoms with van der Waals surface area (Å²) in [5.74, 6) is 0.527. The van der Waals surface area contributed by atoms with Crippen LogP contribution in [0.3, 0.4) is 0 Å². The highest BCUT2D eigenvalue weighted by Crippen LogP contribution is 2.31. The van der Waals surface area contributed by atoms with E-state index in [9.17, 15) is 13.2 Å². The molecule has 168 valence electrons. The van der Waals surface area contributed by atoms with Gasteiger partial charge in [-0.15, -0.1) is 0 Å². The Labute approximate surface area is 187 Å². The number of sulfonamides is 1. The summed E-state index contributed by atoms with van der Waals surface area (Å²) in [6, 6.07) is 9.71. The molecule has 1 aliphatic heterocycles. The van der Waals surface area contributed by atoms with Crippen molar-refractivity contribution in [2.75, 3.05) is 27.3 Å². The Morgan fingerprint density at radius 3 is 2.23 bits per heavy atom. The number of esters is 1. The molecule has 0 unspecified atom stereocenters. The Bertz CT molecular complexity index is 1030. The number of nitrogens with zero attached hydrogens (tertiary/aromatic N) is 1. The molecule has 9 heteroatoms. The largest absolute Gasteiger partial charge is 0.493 e. The van der Waals surface area contributed by atoms with Gasteiger partial charge in [-0.25, -0.2) is 8.42 Å². The fourth-order valence-corrected chi connectivity index (χ4v) is 5.13. The minimum absolute atomic E-state index is 0.119. The maximum absolute atomic E-state index is 12.8. The highest BCUT2D eigenvalue weighted by atomic mass is 35.5. The van der Waals surface area contributed by atoms with E-state index >= 15 is 0 Å². The Hall–Kier alpha value is -2.29. The molecule has 2 aromatic rings. The second kappa shape index (κ2) is 9.89. The minimum atomic E-state index is -3.61. The number of carbonyl (C=O) groups is 1. The van der Waals surface area contributed by atoms with E-state index in [1.807, 2.05) is 13.0 Å². The average Bonchev–Trinajstić information content (AvgIpc) is 2.78. The molecular formula is C22H26ClNO6S. The van der Waals surface area contributed by atoms with Crippen molar-refractivity contribution >= 4 is 27.6 Å². The maximum Gasteiger partial charge on any atom is 0.309 e. The molecule has 1 heterocycles. The number of ether oxygens (including phenoxy) is 3. The van der Waals surface area contributed by atoms with E-state index in [-0.39, 0.29) is 36.5 Å². The smallest absolute Gasteiger partial charge is 0.309 e. The molecule has 0 radical (unpaired) electrons. The van der Waals surface area contributed by atoms with Crippen LogP contribution in [-0.2, 0) is 26.2 Å². The van der Waals surface area contributed by atoms with Gasteiger partial charge in [0.15, 0.2) is 11.5 Å². The van der Waals surface area contributed by atoms with Gasteiger partial charge in [0.2, 0.25) is 10.0 Å². The van der Waals surface area contributed by atoms with Crippen LogP contribution in [0.15, 0.2) is 41.3 Å². The number of piperidine rings is 1. The van der Waals surface area contributed by atoms with E-state index in [4.69, 9.17) is 25.8 Å². The van der Waals surface area contributed by atoms with Gasteiger partial charge in [0, 0.05) is 18.1 Å². The minimum Gasteiger partial charge on any atom is -0.493 e. The first kappa shape index (κ1) is 23.4. The van der Waals surface area contributed by atoms with Gasteiger partial charge >= 0.3 is 5.97 Å². The highest BCUT2D eigenvalue weighted by molar-refractivity contribution is 7.89. The monoisotopic (exact) mass is 467 g/mol. The number of aryl methyl sites for hydroxylation is 1. The second-order valence-electron chi connectivity index (χ2n) is 7.37. The molecular weight excluding hydrogens is 442 g/mol. The van der Waals surface area contributed by atoms with Crippen LogP contribution in [0.25, 0.3) is 0 Å². The fourth-order valence-electron chi connectivity index (χ4n) is 3.53.